The van der Waals surface area contributed by atoms with Crippen molar-refractivity contribution < 1.29 is 19.7 Å². The third-order valence-electron chi connectivity index (χ3n) is 10.5. The molecule has 0 amide bonds. The molecule has 6 nitrogen and oxygen atoms in total. The Morgan fingerprint density at radius 1 is 1.16 bits per heavy atom. The Morgan fingerprint density at radius 2 is 1.98 bits per heavy atom. The van der Waals surface area contributed by atoms with Crippen molar-refractivity contribution in [2.24, 2.45) is 11.8 Å². The third-order valence-corrected chi connectivity index (χ3v) is 10.8. The van der Waals surface area contributed by atoms with Gasteiger partial charge in [0.2, 0.25) is 0 Å². The molecule has 1 aromatic heterocycles. The van der Waals surface area contributed by atoms with E-state index in [0.29, 0.717) is 42.2 Å². The number of carboxylic acid groups (broad SMARTS) is 1. The quantitative estimate of drug-likeness (QED) is 0.232. The van der Waals surface area contributed by atoms with E-state index in [1.807, 2.05) is 30.5 Å². The van der Waals surface area contributed by atoms with E-state index in [0.717, 1.165) is 49.1 Å². The summed E-state index contributed by atoms with van der Waals surface area (Å²) in [7, 11) is 0. The number of ether oxygens (including phenoxy) is 1. The van der Waals surface area contributed by atoms with Gasteiger partial charge in [-0.05, 0) is 122 Å². The van der Waals surface area contributed by atoms with Crippen molar-refractivity contribution in [1.29, 1.82) is 0 Å². The fourth-order valence-corrected chi connectivity index (χ4v) is 8.43. The van der Waals surface area contributed by atoms with Gasteiger partial charge in [-0.15, -0.1) is 0 Å². The molecule has 6 rings (SSSR count). The largest absolute Gasteiger partial charge is 0.493 e. The number of anilines is 1. The van der Waals surface area contributed by atoms with Gasteiger partial charge in [-0.3, -0.25) is 4.98 Å². The molecule has 7 heteroatoms. The molecule has 228 valence electrons. The van der Waals surface area contributed by atoms with Gasteiger partial charge in [0.05, 0.1) is 13.2 Å². The monoisotopic (exact) mass is 602 g/mol. The van der Waals surface area contributed by atoms with Gasteiger partial charge in [-0.25, -0.2) is 4.79 Å². The molecule has 0 aliphatic heterocycles. The molecular formula is C36H43ClN2O4. The minimum Gasteiger partial charge on any atom is -0.493 e. The molecule has 0 unspecified atom stereocenters. The van der Waals surface area contributed by atoms with Crippen LogP contribution in [0.2, 0.25) is 5.02 Å². The number of nitrogens with zero attached hydrogens (tertiary/aromatic N) is 1. The first kappa shape index (κ1) is 30.0. The maximum Gasteiger partial charge on any atom is 0.329 e. The summed E-state index contributed by atoms with van der Waals surface area (Å²) in [6.45, 7) is 5.20. The number of nitrogens with one attached hydrogen (secondary N) is 1. The number of rotatable bonds is 9. The molecule has 1 heterocycles. The van der Waals surface area contributed by atoms with Gasteiger partial charge in [-0.2, -0.15) is 0 Å². The number of pyridine rings is 1. The fraction of sp³-hybridized carbons (Fsp3) is 0.500. The number of hydrogen-bond donors (Lipinski definition) is 3. The molecule has 2 aromatic carbocycles. The molecule has 3 N–H and O–H groups in total. The van der Waals surface area contributed by atoms with Crippen LogP contribution in [-0.4, -0.2) is 33.3 Å². The van der Waals surface area contributed by atoms with E-state index in [-0.39, 0.29) is 12.0 Å². The molecule has 1 spiro atoms. The van der Waals surface area contributed by atoms with Gasteiger partial charge in [0.25, 0.3) is 0 Å². The molecule has 3 aliphatic rings. The average Bonchev–Trinajstić information content (AvgIpc) is 3.28. The predicted octanol–water partition coefficient (Wildman–Crippen LogP) is 7.69. The summed E-state index contributed by atoms with van der Waals surface area (Å²) < 4.78 is 6.51. The summed E-state index contributed by atoms with van der Waals surface area (Å²) in [4.78, 5) is 17.4. The summed E-state index contributed by atoms with van der Waals surface area (Å²) in [5.74, 6) is 1.33. The molecule has 3 aromatic rings. The summed E-state index contributed by atoms with van der Waals surface area (Å²) in [5.41, 5.74) is 5.57. The van der Waals surface area contributed by atoms with Gasteiger partial charge in [0.15, 0.2) is 0 Å². The van der Waals surface area contributed by atoms with Crippen molar-refractivity contribution in [3.05, 3.63) is 87.7 Å². The summed E-state index contributed by atoms with van der Waals surface area (Å²) in [6.07, 6.45) is 9.78. The van der Waals surface area contributed by atoms with Crippen molar-refractivity contribution in [3.8, 4) is 5.75 Å². The molecule has 3 atom stereocenters. The second kappa shape index (κ2) is 12.1. The van der Waals surface area contributed by atoms with E-state index < -0.39 is 11.5 Å². The first-order chi connectivity index (χ1) is 20.7. The van der Waals surface area contributed by atoms with Crippen LogP contribution in [0.3, 0.4) is 0 Å². The van der Waals surface area contributed by atoms with Gasteiger partial charge >= 0.3 is 5.97 Å². The zero-order chi connectivity index (χ0) is 30.2. The van der Waals surface area contributed by atoms with Gasteiger partial charge < -0.3 is 20.3 Å². The molecule has 1 fully saturated rings. The van der Waals surface area contributed by atoms with Crippen molar-refractivity contribution in [3.63, 3.8) is 0 Å². The maximum absolute atomic E-state index is 12.8. The number of benzene rings is 2. The lowest BCUT2D eigenvalue weighted by atomic mass is 9.59. The van der Waals surface area contributed by atoms with Crippen LogP contribution in [0.15, 0.2) is 54.7 Å². The Hall–Kier alpha value is -3.09. The molecular weight excluding hydrogens is 560 g/mol. The first-order valence-electron chi connectivity index (χ1n) is 15.8. The summed E-state index contributed by atoms with van der Waals surface area (Å²) >= 11 is 6.22. The maximum atomic E-state index is 12.8. The minimum absolute atomic E-state index is 0.00231. The zero-order valence-corrected chi connectivity index (χ0v) is 26.0. The normalized spacial score (nSPS) is 26.9. The molecule has 0 saturated heterocycles. The van der Waals surface area contributed by atoms with Crippen molar-refractivity contribution in [2.45, 2.75) is 95.1 Å². The molecule has 0 radical (unpaired) electrons. The van der Waals surface area contributed by atoms with Crippen LogP contribution in [0.1, 0.15) is 92.7 Å². The SMILES string of the molecule is C[C@@H](COc1ccnc2c1[C@H](C)CCC2)C[C@@H]1Cc2ccc(CO)cc2C12CCC(Nc1cccc(Cl)c1)(C(=O)O)CC2. The summed E-state index contributed by atoms with van der Waals surface area (Å²) in [5, 5.41) is 24.4. The smallest absolute Gasteiger partial charge is 0.329 e. The lowest BCUT2D eigenvalue weighted by molar-refractivity contribution is -0.144. The lowest BCUT2D eigenvalue weighted by Gasteiger charge is -2.47. The van der Waals surface area contributed by atoms with E-state index in [1.165, 1.54) is 35.2 Å². The van der Waals surface area contributed by atoms with E-state index in [1.54, 1.807) is 12.1 Å². The number of aliphatic hydroxyl groups is 1. The van der Waals surface area contributed by atoms with Gasteiger partial charge in [0, 0.05) is 28.2 Å². The average molecular weight is 603 g/mol. The number of carboxylic acids is 1. The number of hydrogen-bond acceptors (Lipinski definition) is 5. The first-order valence-corrected chi connectivity index (χ1v) is 16.2. The van der Waals surface area contributed by atoms with E-state index in [4.69, 9.17) is 16.3 Å². The van der Waals surface area contributed by atoms with E-state index in [2.05, 4.69) is 36.3 Å². The number of aromatic nitrogens is 1. The van der Waals surface area contributed by atoms with Crippen molar-refractivity contribution in [1.82, 2.24) is 4.98 Å². The molecule has 43 heavy (non-hydrogen) atoms. The van der Waals surface area contributed by atoms with Gasteiger partial charge in [0.1, 0.15) is 11.3 Å². The van der Waals surface area contributed by atoms with Gasteiger partial charge in [-0.1, -0.05) is 49.7 Å². The molecule has 0 bridgehead atoms. The highest BCUT2D eigenvalue weighted by atomic mass is 35.5. The second-order valence-corrected chi connectivity index (χ2v) is 13.8. The Bertz CT molecular complexity index is 1480. The summed E-state index contributed by atoms with van der Waals surface area (Å²) in [6, 6.07) is 15.7. The second-order valence-electron chi connectivity index (χ2n) is 13.3. The van der Waals surface area contributed by atoms with Crippen LogP contribution in [0, 0.1) is 11.8 Å². The Kier molecular flexibility index (Phi) is 8.45. The Labute approximate surface area is 259 Å². The highest BCUT2D eigenvalue weighted by molar-refractivity contribution is 6.30. The third kappa shape index (κ3) is 5.76. The van der Waals surface area contributed by atoms with Crippen LogP contribution in [0.5, 0.6) is 5.75 Å². The van der Waals surface area contributed by atoms with E-state index >= 15 is 0 Å². The van der Waals surface area contributed by atoms with Crippen LogP contribution in [0.4, 0.5) is 5.69 Å². The zero-order valence-electron chi connectivity index (χ0n) is 25.2. The number of aliphatic carboxylic acids is 1. The lowest BCUT2D eigenvalue weighted by Crippen LogP contribution is -2.53. The fourth-order valence-electron chi connectivity index (χ4n) is 8.24. The van der Waals surface area contributed by atoms with Crippen LogP contribution in [-0.2, 0) is 29.7 Å². The minimum atomic E-state index is -1.05. The number of carbonyl (C=O) groups is 1. The van der Waals surface area contributed by atoms with Crippen LogP contribution >= 0.6 is 11.6 Å². The predicted molar refractivity (Wildman–Crippen MR) is 170 cm³/mol. The van der Waals surface area contributed by atoms with Crippen molar-refractivity contribution in [2.75, 3.05) is 11.9 Å². The highest BCUT2D eigenvalue weighted by Gasteiger charge is 2.54. The highest BCUT2D eigenvalue weighted by Crippen LogP contribution is 2.56. The number of fused-ring (bicyclic) bond motifs is 3. The van der Waals surface area contributed by atoms with Crippen molar-refractivity contribution >= 4 is 23.3 Å². The van der Waals surface area contributed by atoms with E-state index in [9.17, 15) is 15.0 Å². The number of halogens is 1. The Morgan fingerprint density at radius 3 is 2.72 bits per heavy atom. The molecule has 3 aliphatic carbocycles. The number of aryl methyl sites for hydroxylation is 1. The topological polar surface area (TPSA) is 91.7 Å². The Balaban J connectivity index is 1.22. The molecule has 1 saturated carbocycles. The van der Waals surface area contributed by atoms with Crippen LogP contribution in [0.25, 0.3) is 0 Å². The van der Waals surface area contributed by atoms with Crippen LogP contribution < -0.4 is 10.1 Å². The standard InChI is InChI=1S/C36H43ClN2O4/c1-23(22-43-32-11-16-38-31-8-3-5-24(2)33(31)32)17-27-19-26-10-9-25(21-40)18-30(26)35(27)12-14-36(15-13-35,34(41)42)39-29-7-4-6-28(37)20-29/h4,6-7,9-11,16,18,20,23-24,27,39-40H,3,5,8,12-15,17,19,21-22H2,1-2H3,(H,41,42)/t23-,24-,27-,35?,36?/m1/s1. The number of aliphatic hydroxyl groups excluding tert-OH is 1.